The minimum absolute atomic E-state index is 0.163. The fourth-order valence-corrected chi connectivity index (χ4v) is 4.09. The van der Waals surface area contributed by atoms with Gasteiger partial charge in [-0.2, -0.15) is 4.31 Å². The average molecular weight is 306 g/mol. The number of hydrogen-bond acceptors (Lipinski definition) is 2. The molecule has 1 aromatic rings. The molecule has 0 saturated carbocycles. The highest BCUT2D eigenvalue weighted by Gasteiger charge is 2.29. The van der Waals surface area contributed by atoms with Crippen LogP contribution in [0.4, 0.5) is 4.39 Å². The third-order valence-electron chi connectivity index (χ3n) is 3.56. The zero-order chi connectivity index (χ0) is 14.0. The second kappa shape index (κ2) is 5.77. The summed E-state index contributed by atoms with van der Waals surface area (Å²) in [5.74, 6) is 0.576. The molecule has 0 atom stereocenters. The largest absolute Gasteiger partial charge is 0.243 e. The van der Waals surface area contributed by atoms with E-state index in [4.69, 9.17) is 11.6 Å². The van der Waals surface area contributed by atoms with E-state index in [2.05, 4.69) is 0 Å². The summed E-state index contributed by atoms with van der Waals surface area (Å²) in [4.78, 5) is 0.163. The summed E-state index contributed by atoms with van der Waals surface area (Å²) in [6.07, 6.45) is 1.56. The lowest BCUT2D eigenvalue weighted by Gasteiger charge is -2.30. The van der Waals surface area contributed by atoms with Gasteiger partial charge in [0, 0.05) is 19.0 Å². The molecule has 0 aliphatic carbocycles. The van der Waals surface area contributed by atoms with Crippen molar-refractivity contribution in [2.45, 2.75) is 24.7 Å². The summed E-state index contributed by atoms with van der Waals surface area (Å²) in [5.41, 5.74) is 0.344. The van der Waals surface area contributed by atoms with Crippen LogP contribution in [0.15, 0.2) is 23.1 Å². The molecule has 1 aliphatic rings. The topological polar surface area (TPSA) is 37.4 Å². The second-order valence-electron chi connectivity index (χ2n) is 4.91. The van der Waals surface area contributed by atoms with Crippen LogP contribution in [0.3, 0.4) is 0 Å². The highest BCUT2D eigenvalue weighted by atomic mass is 35.5. The van der Waals surface area contributed by atoms with Crippen LogP contribution in [0, 0.1) is 18.7 Å². The van der Waals surface area contributed by atoms with E-state index in [1.54, 1.807) is 6.92 Å². The van der Waals surface area contributed by atoms with Gasteiger partial charge in [-0.05, 0) is 49.4 Å². The predicted molar refractivity (Wildman–Crippen MR) is 73.3 cm³/mol. The first kappa shape index (κ1) is 14.8. The maximum absolute atomic E-state index is 13.2. The third-order valence-corrected chi connectivity index (χ3v) is 5.89. The standard InChI is InChI=1S/C13H17ClFNO2S/c1-10-8-12(2-3-13(10)15)19(17,18)16-6-4-11(9-14)5-7-16/h2-3,8,11H,4-7,9H2,1H3. The van der Waals surface area contributed by atoms with E-state index in [9.17, 15) is 12.8 Å². The van der Waals surface area contributed by atoms with Crippen molar-refractivity contribution in [3.05, 3.63) is 29.6 Å². The Kier molecular flexibility index (Phi) is 4.48. The summed E-state index contributed by atoms with van der Waals surface area (Å²) in [6, 6.07) is 3.91. The molecule has 0 bridgehead atoms. The van der Waals surface area contributed by atoms with E-state index in [0.29, 0.717) is 30.5 Å². The maximum Gasteiger partial charge on any atom is 0.243 e. The normalized spacial score (nSPS) is 18.7. The van der Waals surface area contributed by atoms with Crippen molar-refractivity contribution in [2.24, 2.45) is 5.92 Å². The van der Waals surface area contributed by atoms with Gasteiger partial charge in [0.15, 0.2) is 0 Å². The molecule has 19 heavy (non-hydrogen) atoms. The average Bonchev–Trinajstić information content (AvgIpc) is 2.41. The minimum Gasteiger partial charge on any atom is -0.207 e. The van der Waals surface area contributed by atoms with Gasteiger partial charge in [-0.3, -0.25) is 0 Å². The Hall–Kier alpha value is -0.650. The van der Waals surface area contributed by atoms with Crippen molar-refractivity contribution >= 4 is 21.6 Å². The Bertz CT molecular complexity index is 554. The first-order valence-corrected chi connectivity index (χ1v) is 8.25. The first-order chi connectivity index (χ1) is 8.95. The lowest BCUT2D eigenvalue weighted by Crippen LogP contribution is -2.38. The van der Waals surface area contributed by atoms with Crippen molar-refractivity contribution < 1.29 is 12.8 Å². The summed E-state index contributed by atoms with van der Waals surface area (Å²) in [5, 5.41) is 0. The molecule has 3 nitrogen and oxygen atoms in total. The number of halogens is 2. The number of nitrogens with zero attached hydrogens (tertiary/aromatic N) is 1. The molecule has 1 aliphatic heterocycles. The van der Waals surface area contributed by atoms with Crippen LogP contribution < -0.4 is 0 Å². The van der Waals surface area contributed by atoms with Crippen LogP contribution in [0.25, 0.3) is 0 Å². The van der Waals surface area contributed by atoms with Crippen LogP contribution in [-0.2, 0) is 10.0 Å². The van der Waals surface area contributed by atoms with E-state index >= 15 is 0 Å². The quantitative estimate of drug-likeness (QED) is 0.805. The minimum atomic E-state index is -3.51. The molecule has 1 heterocycles. The Morgan fingerprint density at radius 1 is 1.37 bits per heavy atom. The van der Waals surface area contributed by atoms with Gasteiger partial charge in [0.1, 0.15) is 5.82 Å². The maximum atomic E-state index is 13.2. The van der Waals surface area contributed by atoms with Crippen molar-refractivity contribution in [3.63, 3.8) is 0 Å². The molecule has 1 saturated heterocycles. The van der Waals surface area contributed by atoms with Crippen LogP contribution >= 0.6 is 11.6 Å². The van der Waals surface area contributed by atoms with Gasteiger partial charge in [-0.15, -0.1) is 11.6 Å². The van der Waals surface area contributed by atoms with Gasteiger partial charge in [0.2, 0.25) is 10.0 Å². The van der Waals surface area contributed by atoms with Crippen molar-refractivity contribution in [1.82, 2.24) is 4.31 Å². The number of sulfonamides is 1. The van der Waals surface area contributed by atoms with Crippen molar-refractivity contribution in [1.29, 1.82) is 0 Å². The Labute approximate surface area is 118 Å². The van der Waals surface area contributed by atoms with E-state index < -0.39 is 10.0 Å². The number of aryl methyl sites for hydroxylation is 1. The van der Waals surface area contributed by atoms with Gasteiger partial charge >= 0.3 is 0 Å². The summed E-state index contributed by atoms with van der Waals surface area (Å²) in [6.45, 7) is 2.53. The molecule has 1 aromatic carbocycles. The van der Waals surface area contributed by atoms with Crippen molar-refractivity contribution in [2.75, 3.05) is 19.0 Å². The van der Waals surface area contributed by atoms with Crippen LogP contribution in [-0.4, -0.2) is 31.7 Å². The van der Waals surface area contributed by atoms with Crippen LogP contribution in [0.1, 0.15) is 18.4 Å². The lowest BCUT2D eigenvalue weighted by atomic mass is 10.0. The Morgan fingerprint density at radius 2 is 2.00 bits per heavy atom. The molecule has 1 fully saturated rings. The molecule has 0 unspecified atom stereocenters. The fourth-order valence-electron chi connectivity index (χ4n) is 2.23. The third kappa shape index (κ3) is 3.09. The van der Waals surface area contributed by atoms with Gasteiger partial charge in [-0.1, -0.05) is 0 Å². The molecule has 6 heteroatoms. The van der Waals surface area contributed by atoms with Crippen LogP contribution in [0.5, 0.6) is 0 Å². The number of benzene rings is 1. The SMILES string of the molecule is Cc1cc(S(=O)(=O)N2CCC(CCl)CC2)ccc1F. The number of alkyl halides is 1. The first-order valence-electron chi connectivity index (χ1n) is 6.27. The van der Waals surface area contributed by atoms with Gasteiger partial charge < -0.3 is 0 Å². The summed E-state index contributed by atoms with van der Waals surface area (Å²) >= 11 is 5.79. The fraction of sp³-hybridized carbons (Fsp3) is 0.538. The monoisotopic (exact) mass is 305 g/mol. The van der Waals surface area contributed by atoms with E-state index in [1.165, 1.54) is 22.5 Å². The Morgan fingerprint density at radius 3 is 2.53 bits per heavy atom. The molecule has 0 spiro atoms. The molecular formula is C13H17ClFNO2S. The molecule has 0 radical (unpaired) electrons. The summed E-state index contributed by atoms with van der Waals surface area (Å²) in [7, 11) is -3.51. The zero-order valence-corrected chi connectivity index (χ0v) is 12.3. The second-order valence-corrected chi connectivity index (χ2v) is 7.16. The molecule has 2 rings (SSSR count). The highest BCUT2D eigenvalue weighted by molar-refractivity contribution is 7.89. The molecular weight excluding hydrogens is 289 g/mol. The number of rotatable bonds is 3. The Balaban J connectivity index is 2.21. The van der Waals surface area contributed by atoms with E-state index in [-0.39, 0.29) is 10.7 Å². The smallest absolute Gasteiger partial charge is 0.207 e. The van der Waals surface area contributed by atoms with Gasteiger partial charge in [-0.25, -0.2) is 12.8 Å². The number of hydrogen-bond donors (Lipinski definition) is 0. The van der Waals surface area contributed by atoms with E-state index in [0.717, 1.165) is 12.8 Å². The molecule has 0 amide bonds. The van der Waals surface area contributed by atoms with Crippen molar-refractivity contribution in [3.8, 4) is 0 Å². The van der Waals surface area contributed by atoms with Gasteiger partial charge in [0.05, 0.1) is 4.90 Å². The predicted octanol–water partition coefficient (Wildman–Crippen LogP) is 2.77. The molecule has 0 N–H and O–H groups in total. The number of piperidine rings is 1. The highest BCUT2D eigenvalue weighted by Crippen LogP contribution is 2.25. The van der Waals surface area contributed by atoms with Gasteiger partial charge in [0.25, 0.3) is 0 Å². The van der Waals surface area contributed by atoms with E-state index in [1.807, 2.05) is 0 Å². The lowest BCUT2D eigenvalue weighted by molar-refractivity contribution is 0.290. The summed E-state index contributed by atoms with van der Waals surface area (Å²) < 4.78 is 39.5. The molecule has 0 aromatic heterocycles. The van der Waals surface area contributed by atoms with Crippen LogP contribution in [0.2, 0.25) is 0 Å². The molecule has 106 valence electrons. The zero-order valence-electron chi connectivity index (χ0n) is 10.8.